The summed E-state index contributed by atoms with van der Waals surface area (Å²) in [6.07, 6.45) is 3.65. The van der Waals surface area contributed by atoms with Gasteiger partial charge in [-0.2, -0.15) is 0 Å². The molecule has 0 saturated heterocycles. The number of aromatic nitrogens is 1. The van der Waals surface area contributed by atoms with Gasteiger partial charge in [-0.05, 0) is 69.3 Å². The first-order valence-corrected chi connectivity index (χ1v) is 8.44. The van der Waals surface area contributed by atoms with Gasteiger partial charge in [0.25, 0.3) is 5.24 Å². The third-order valence-corrected chi connectivity index (χ3v) is 4.34. The molecule has 2 aromatic rings. The molecule has 3 rings (SSSR count). The van der Waals surface area contributed by atoms with Crippen LogP contribution in [0.4, 0.5) is 4.79 Å². The second kappa shape index (κ2) is 6.13. The molecule has 1 aliphatic rings. The standard InChI is InChI=1S/C18H21ClN2O3/c1-18(2,3)24-17(23)20-11-7-8-13-12(10-11)15(16(19)22)14-6-4-5-9-21(13)14/h4-6,9,11H,7-8,10H2,1-3H3,(H,20,23). The molecule has 1 atom stereocenters. The molecule has 0 radical (unpaired) electrons. The predicted octanol–water partition coefficient (Wildman–Crippen LogP) is 3.70. The zero-order valence-electron chi connectivity index (χ0n) is 14.1. The van der Waals surface area contributed by atoms with Gasteiger partial charge in [-0.3, -0.25) is 4.79 Å². The number of carbonyl (C=O) groups excluding carboxylic acids is 2. The van der Waals surface area contributed by atoms with E-state index in [4.69, 9.17) is 16.3 Å². The normalized spacial score (nSPS) is 17.4. The molecule has 1 aliphatic carbocycles. The smallest absolute Gasteiger partial charge is 0.407 e. The largest absolute Gasteiger partial charge is 0.444 e. The summed E-state index contributed by atoms with van der Waals surface area (Å²) >= 11 is 5.84. The third kappa shape index (κ3) is 3.26. The number of nitrogens with one attached hydrogen (secondary N) is 1. The lowest BCUT2D eigenvalue weighted by atomic mass is 9.91. The minimum Gasteiger partial charge on any atom is -0.444 e. The van der Waals surface area contributed by atoms with Crippen LogP contribution in [0.5, 0.6) is 0 Å². The van der Waals surface area contributed by atoms with Crippen LogP contribution in [0.1, 0.15) is 48.8 Å². The molecule has 1 N–H and O–H groups in total. The van der Waals surface area contributed by atoms with Gasteiger partial charge in [-0.1, -0.05) is 6.07 Å². The first-order chi connectivity index (χ1) is 11.3. The van der Waals surface area contributed by atoms with E-state index in [-0.39, 0.29) is 6.04 Å². The maximum absolute atomic E-state index is 12.0. The Balaban J connectivity index is 1.88. The van der Waals surface area contributed by atoms with E-state index in [0.717, 1.165) is 29.6 Å². The molecule has 1 unspecified atom stereocenters. The van der Waals surface area contributed by atoms with E-state index < -0.39 is 16.9 Å². The van der Waals surface area contributed by atoms with Crippen molar-refractivity contribution in [1.29, 1.82) is 0 Å². The van der Waals surface area contributed by atoms with E-state index in [9.17, 15) is 9.59 Å². The zero-order chi connectivity index (χ0) is 17.5. The molecule has 1 amide bonds. The highest BCUT2D eigenvalue weighted by Gasteiger charge is 2.29. The molecule has 0 aromatic carbocycles. The van der Waals surface area contributed by atoms with Crippen LogP contribution in [-0.4, -0.2) is 27.4 Å². The molecule has 2 aromatic heterocycles. The number of hydrogen-bond donors (Lipinski definition) is 1. The first-order valence-electron chi connectivity index (χ1n) is 8.06. The van der Waals surface area contributed by atoms with Gasteiger partial charge in [0.15, 0.2) is 0 Å². The number of alkyl carbamates (subject to hydrolysis) is 1. The summed E-state index contributed by atoms with van der Waals surface area (Å²) < 4.78 is 7.34. The monoisotopic (exact) mass is 348 g/mol. The van der Waals surface area contributed by atoms with Crippen molar-refractivity contribution in [2.75, 3.05) is 0 Å². The molecule has 0 saturated carbocycles. The molecule has 0 aliphatic heterocycles. The molecule has 6 heteroatoms. The number of rotatable bonds is 2. The number of aryl methyl sites for hydroxylation is 1. The lowest BCUT2D eigenvalue weighted by Crippen LogP contribution is -2.42. The molecule has 5 nitrogen and oxygen atoms in total. The average molecular weight is 349 g/mol. The fourth-order valence-electron chi connectivity index (χ4n) is 3.29. The van der Waals surface area contributed by atoms with Crippen molar-refractivity contribution in [3.8, 4) is 0 Å². The molecule has 0 spiro atoms. The molecule has 2 heterocycles. The third-order valence-electron chi connectivity index (χ3n) is 4.15. The summed E-state index contributed by atoms with van der Waals surface area (Å²) in [5.41, 5.74) is 2.85. The molecule has 128 valence electrons. The summed E-state index contributed by atoms with van der Waals surface area (Å²) in [7, 11) is 0. The zero-order valence-corrected chi connectivity index (χ0v) is 14.8. The number of carbonyl (C=O) groups is 2. The Morgan fingerprint density at radius 3 is 2.75 bits per heavy atom. The topological polar surface area (TPSA) is 59.8 Å². The van der Waals surface area contributed by atoms with Gasteiger partial charge in [0.2, 0.25) is 0 Å². The van der Waals surface area contributed by atoms with Crippen LogP contribution in [0.3, 0.4) is 0 Å². The quantitative estimate of drug-likeness (QED) is 0.842. The fraction of sp³-hybridized carbons (Fsp3) is 0.444. The van der Waals surface area contributed by atoms with Gasteiger partial charge < -0.3 is 14.5 Å². The summed E-state index contributed by atoms with van der Waals surface area (Å²) in [5, 5.41) is 2.44. The molecular weight excluding hydrogens is 328 g/mol. The number of hydrogen-bond acceptors (Lipinski definition) is 3. The van der Waals surface area contributed by atoms with Crippen LogP contribution in [0.2, 0.25) is 0 Å². The van der Waals surface area contributed by atoms with Crippen molar-refractivity contribution >= 4 is 28.5 Å². The van der Waals surface area contributed by atoms with E-state index in [1.54, 1.807) is 0 Å². The van der Waals surface area contributed by atoms with E-state index in [0.29, 0.717) is 12.0 Å². The Kier molecular flexibility index (Phi) is 4.30. The average Bonchev–Trinajstić information content (AvgIpc) is 2.78. The van der Waals surface area contributed by atoms with Crippen LogP contribution in [0, 0.1) is 0 Å². The predicted molar refractivity (Wildman–Crippen MR) is 92.8 cm³/mol. The number of pyridine rings is 1. The summed E-state index contributed by atoms with van der Waals surface area (Å²) in [6.45, 7) is 5.49. The van der Waals surface area contributed by atoms with Crippen LogP contribution in [0.25, 0.3) is 5.52 Å². The number of ether oxygens (including phenoxy) is 1. The summed E-state index contributed by atoms with van der Waals surface area (Å²) in [5.74, 6) is 0. The van der Waals surface area contributed by atoms with Gasteiger partial charge >= 0.3 is 6.09 Å². The van der Waals surface area contributed by atoms with Gasteiger partial charge in [0.05, 0.1) is 11.1 Å². The Morgan fingerprint density at radius 2 is 2.08 bits per heavy atom. The molecular formula is C18H21ClN2O3. The lowest BCUT2D eigenvalue weighted by Gasteiger charge is -2.26. The Hall–Kier alpha value is -2.01. The first kappa shape index (κ1) is 16.8. The van der Waals surface area contributed by atoms with Crippen LogP contribution in [0.15, 0.2) is 24.4 Å². The van der Waals surface area contributed by atoms with E-state index in [1.165, 1.54) is 0 Å². The van der Waals surface area contributed by atoms with Crippen LogP contribution < -0.4 is 5.32 Å². The molecule has 0 bridgehead atoms. The molecule has 24 heavy (non-hydrogen) atoms. The lowest BCUT2D eigenvalue weighted by molar-refractivity contribution is 0.0500. The van der Waals surface area contributed by atoms with E-state index in [2.05, 4.69) is 5.32 Å². The van der Waals surface area contributed by atoms with E-state index >= 15 is 0 Å². The van der Waals surface area contributed by atoms with Crippen molar-refractivity contribution in [2.45, 2.75) is 51.7 Å². The van der Waals surface area contributed by atoms with E-state index in [1.807, 2.05) is 49.6 Å². The van der Waals surface area contributed by atoms with Gasteiger partial charge in [-0.25, -0.2) is 4.79 Å². The second-order valence-electron chi connectivity index (χ2n) is 7.12. The highest BCUT2D eigenvalue weighted by atomic mass is 35.5. The number of amides is 1. The number of nitrogens with zero attached hydrogens (tertiary/aromatic N) is 1. The van der Waals surface area contributed by atoms with Gasteiger partial charge in [0, 0.05) is 17.9 Å². The van der Waals surface area contributed by atoms with Crippen molar-refractivity contribution in [2.24, 2.45) is 0 Å². The van der Waals surface area contributed by atoms with Crippen molar-refractivity contribution in [1.82, 2.24) is 9.72 Å². The highest BCUT2D eigenvalue weighted by molar-refractivity contribution is 6.68. The van der Waals surface area contributed by atoms with Crippen LogP contribution >= 0.6 is 11.6 Å². The number of halogens is 1. The maximum atomic E-state index is 12.0. The Bertz CT molecular complexity index is 804. The highest BCUT2D eigenvalue weighted by Crippen LogP contribution is 2.31. The van der Waals surface area contributed by atoms with Crippen LogP contribution in [-0.2, 0) is 17.6 Å². The van der Waals surface area contributed by atoms with Crippen molar-refractivity contribution in [3.05, 3.63) is 41.2 Å². The SMILES string of the molecule is CC(C)(C)OC(=O)NC1CCc2c(c(C(=O)Cl)c3ccccn23)C1. The summed E-state index contributed by atoms with van der Waals surface area (Å²) in [4.78, 5) is 23.9. The maximum Gasteiger partial charge on any atom is 0.407 e. The Labute approximate surface area is 145 Å². The molecule has 0 fully saturated rings. The Morgan fingerprint density at radius 1 is 1.33 bits per heavy atom. The summed E-state index contributed by atoms with van der Waals surface area (Å²) in [6, 6.07) is 5.64. The van der Waals surface area contributed by atoms with Gasteiger partial charge in [-0.15, -0.1) is 0 Å². The minimum absolute atomic E-state index is 0.0699. The second-order valence-corrected chi connectivity index (χ2v) is 7.46. The number of fused-ring (bicyclic) bond motifs is 3. The van der Waals surface area contributed by atoms with Crippen molar-refractivity contribution < 1.29 is 14.3 Å². The fourth-order valence-corrected chi connectivity index (χ4v) is 3.50. The minimum atomic E-state index is -0.536. The van der Waals surface area contributed by atoms with Gasteiger partial charge in [0.1, 0.15) is 5.60 Å². The van der Waals surface area contributed by atoms with Crippen molar-refractivity contribution in [3.63, 3.8) is 0 Å².